The van der Waals surface area contributed by atoms with Crippen molar-refractivity contribution >= 4 is 0 Å². The van der Waals surface area contributed by atoms with E-state index in [1.54, 1.807) is 5.57 Å². The van der Waals surface area contributed by atoms with Gasteiger partial charge in [0.05, 0.1) is 0 Å². The Hall–Kier alpha value is -1.60. The first-order valence-electron chi connectivity index (χ1n) is 10.9. The number of nitrogens with two attached hydrogens (primary N) is 1. The van der Waals surface area contributed by atoms with Crippen LogP contribution in [0.25, 0.3) is 0 Å². The van der Waals surface area contributed by atoms with Crippen molar-refractivity contribution in [3.8, 4) is 0 Å². The van der Waals surface area contributed by atoms with Crippen LogP contribution in [0.1, 0.15) is 59.3 Å². The average molecular weight is 364 g/mol. The van der Waals surface area contributed by atoms with E-state index in [0.717, 1.165) is 19.3 Å². The summed E-state index contributed by atoms with van der Waals surface area (Å²) in [5.74, 6) is 2.20. The van der Waals surface area contributed by atoms with Gasteiger partial charge in [-0.05, 0) is 67.4 Å². The zero-order valence-corrected chi connectivity index (χ0v) is 17.4. The molecule has 3 rings (SSSR count). The van der Waals surface area contributed by atoms with Gasteiger partial charge in [0.15, 0.2) is 0 Å². The molecule has 0 radical (unpaired) electrons. The fraction of sp³-hybridized carbons (Fsp3) is 0.538. The first kappa shape index (κ1) is 20.1. The Morgan fingerprint density at radius 2 is 1.89 bits per heavy atom. The smallest absolute Gasteiger partial charge is 0.0299 e. The van der Waals surface area contributed by atoms with E-state index < -0.39 is 0 Å². The molecule has 0 fully saturated rings. The highest BCUT2D eigenvalue weighted by atomic mass is 14.6. The molecule has 4 unspecified atom stereocenters. The first-order chi connectivity index (χ1) is 13.1. The van der Waals surface area contributed by atoms with Gasteiger partial charge in [-0.25, -0.2) is 0 Å². The molecule has 4 atom stereocenters. The van der Waals surface area contributed by atoms with Gasteiger partial charge in [0.1, 0.15) is 0 Å². The van der Waals surface area contributed by atoms with Crippen molar-refractivity contribution in [2.24, 2.45) is 29.4 Å². The molecule has 146 valence electrons. The van der Waals surface area contributed by atoms with Gasteiger partial charge >= 0.3 is 0 Å². The lowest BCUT2D eigenvalue weighted by atomic mass is 9.74. The Morgan fingerprint density at radius 1 is 1.07 bits per heavy atom. The van der Waals surface area contributed by atoms with E-state index in [-0.39, 0.29) is 6.04 Å². The highest BCUT2D eigenvalue weighted by Crippen LogP contribution is 2.36. The number of rotatable bonds is 6. The van der Waals surface area contributed by atoms with Crippen LogP contribution >= 0.6 is 0 Å². The fourth-order valence-corrected chi connectivity index (χ4v) is 4.91. The molecule has 0 heterocycles. The minimum atomic E-state index is 0.0837. The molecule has 0 aromatic carbocycles. The summed E-state index contributed by atoms with van der Waals surface area (Å²) in [7, 11) is 0. The third-order valence-electron chi connectivity index (χ3n) is 6.56. The summed E-state index contributed by atoms with van der Waals surface area (Å²) < 4.78 is 0. The van der Waals surface area contributed by atoms with Crippen LogP contribution < -0.4 is 5.73 Å². The van der Waals surface area contributed by atoms with E-state index in [4.69, 9.17) is 5.73 Å². The van der Waals surface area contributed by atoms with Gasteiger partial charge in [-0.1, -0.05) is 81.0 Å². The quantitative estimate of drug-likeness (QED) is 0.524. The van der Waals surface area contributed by atoms with E-state index in [2.05, 4.69) is 75.5 Å². The van der Waals surface area contributed by atoms with Gasteiger partial charge < -0.3 is 5.73 Å². The Morgan fingerprint density at radius 3 is 2.56 bits per heavy atom. The summed E-state index contributed by atoms with van der Waals surface area (Å²) in [4.78, 5) is 0. The zero-order valence-electron chi connectivity index (χ0n) is 17.4. The van der Waals surface area contributed by atoms with Gasteiger partial charge in [0.2, 0.25) is 0 Å². The van der Waals surface area contributed by atoms with Crippen molar-refractivity contribution in [1.82, 2.24) is 0 Å². The Balaban J connectivity index is 1.81. The first-order valence-corrected chi connectivity index (χ1v) is 10.9. The van der Waals surface area contributed by atoms with Crippen LogP contribution in [0.3, 0.4) is 0 Å². The van der Waals surface area contributed by atoms with Crippen molar-refractivity contribution in [1.29, 1.82) is 0 Å². The summed E-state index contributed by atoms with van der Waals surface area (Å²) in [6.07, 6.45) is 28.0. The summed E-state index contributed by atoms with van der Waals surface area (Å²) in [5.41, 5.74) is 11.3. The minimum absolute atomic E-state index is 0.0837. The molecule has 3 aliphatic rings. The SMILES string of the molecule is CC(C)/C(=C/C(N)C1CC=CC=C1C1=CC=CCC1)C(C)C1C=CCCC1. The predicted octanol–water partition coefficient (Wildman–Crippen LogP) is 6.67. The Kier molecular flexibility index (Phi) is 7.13. The monoisotopic (exact) mass is 363 g/mol. The average Bonchev–Trinajstić information content (AvgIpc) is 2.72. The van der Waals surface area contributed by atoms with Crippen molar-refractivity contribution in [3.05, 3.63) is 71.4 Å². The van der Waals surface area contributed by atoms with Crippen LogP contribution in [0.15, 0.2) is 71.4 Å². The summed E-state index contributed by atoms with van der Waals surface area (Å²) in [6.45, 7) is 7.06. The van der Waals surface area contributed by atoms with Crippen LogP contribution in [0.5, 0.6) is 0 Å². The molecule has 2 N–H and O–H groups in total. The van der Waals surface area contributed by atoms with E-state index >= 15 is 0 Å². The van der Waals surface area contributed by atoms with Crippen LogP contribution in [0, 0.1) is 23.7 Å². The Labute approximate surface area is 166 Å². The lowest BCUT2D eigenvalue weighted by Crippen LogP contribution is -2.32. The van der Waals surface area contributed by atoms with Crippen molar-refractivity contribution in [2.75, 3.05) is 0 Å². The van der Waals surface area contributed by atoms with Gasteiger partial charge in [-0.15, -0.1) is 0 Å². The third kappa shape index (κ3) is 5.02. The van der Waals surface area contributed by atoms with Gasteiger partial charge in [0.25, 0.3) is 0 Å². The molecule has 0 spiro atoms. The maximum absolute atomic E-state index is 6.84. The maximum Gasteiger partial charge on any atom is 0.0299 e. The predicted molar refractivity (Wildman–Crippen MR) is 118 cm³/mol. The zero-order chi connectivity index (χ0) is 19.2. The molecule has 0 saturated carbocycles. The molecule has 0 bridgehead atoms. The van der Waals surface area contributed by atoms with E-state index in [1.165, 1.54) is 30.4 Å². The van der Waals surface area contributed by atoms with E-state index in [0.29, 0.717) is 23.7 Å². The van der Waals surface area contributed by atoms with Crippen LogP contribution in [0.2, 0.25) is 0 Å². The molecule has 0 aromatic heterocycles. The lowest BCUT2D eigenvalue weighted by Gasteiger charge is -2.32. The topological polar surface area (TPSA) is 26.0 Å². The summed E-state index contributed by atoms with van der Waals surface area (Å²) in [6, 6.07) is 0.0837. The molecular formula is C26H37N. The van der Waals surface area contributed by atoms with Crippen LogP contribution in [-0.2, 0) is 0 Å². The molecule has 3 aliphatic carbocycles. The minimum Gasteiger partial charge on any atom is -0.324 e. The number of allylic oxidation sites excluding steroid dienone is 10. The standard InChI is InChI=1S/C26H37N/c1-19(2)25(20(3)21-12-6-4-7-13-21)18-26(27)24-17-11-10-16-23(24)22-14-8-5-9-15-22/h5-6,8,10-12,14,16,18-21,24,26H,4,7,9,13,15,17,27H2,1-3H3/b25-18-. The van der Waals surface area contributed by atoms with Crippen molar-refractivity contribution in [2.45, 2.75) is 65.3 Å². The van der Waals surface area contributed by atoms with Gasteiger partial charge in [-0.2, -0.15) is 0 Å². The number of hydrogen-bond acceptors (Lipinski definition) is 1. The molecule has 1 nitrogen and oxygen atoms in total. The lowest BCUT2D eigenvalue weighted by molar-refractivity contribution is 0.401. The molecule has 0 aromatic rings. The second kappa shape index (κ2) is 9.55. The molecule has 0 aliphatic heterocycles. The second-order valence-electron chi connectivity index (χ2n) is 8.76. The van der Waals surface area contributed by atoms with E-state index in [1.807, 2.05) is 0 Å². The van der Waals surface area contributed by atoms with Crippen molar-refractivity contribution in [3.63, 3.8) is 0 Å². The summed E-state index contributed by atoms with van der Waals surface area (Å²) in [5, 5.41) is 0. The summed E-state index contributed by atoms with van der Waals surface area (Å²) >= 11 is 0. The highest BCUT2D eigenvalue weighted by molar-refractivity contribution is 5.43. The number of hydrogen-bond donors (Lipinski definition) is 1. The largest absolute Gasteiger partial charge is 0.324 e. The Bertz CT molecular complexity index is 683. The van der Waals surface area contributed by atoms with Gasteiger partial charge in [0, 0.05) is 12.0 Å². The highest BCUT2D eigenvalue weighted by Gasteiger charge is 2.27. The van der Waals surface area contributed by atoms with Crippen molar-refractivity contribution < 1.29 is 0 Å². The molecule has 0 amide bonds. The van der Waals surface area contributed by atoms with Crippen LogP contribution in [-0.4, -0.2) is 6.04 Å². The molecule has 27 heavy (non-hydrogen) atoms. The normalized spacial score (nSPS) is 28.1. The molecular weight excluding hydrogens is 326 g/mol. The van der Waals surface area contributed by atoms with E-state index in [9.17, 15) is 0 Å². The fourth-order valence-electron chi connectivity index (χ4n) is 4.91. The van der Waals surface area contributed by atoms with Gasteiger partial charge in [-0.3, -0.25) is 0 Å². The second-order valence-corrected chi connectivity index (χ2v) is 8.76. The maximum atomic E-state index is 6.84. The third-order valence-corrected chi connectivity index (χ3v) is 6.56. The molecule has 1 heteroatoms. The van der Waals surface area contributed by atoms with Crippen LogP contribution in [0.4, 0.5) is 0 Å². The molecule has 0 saturated heterocycles.